The molecule has 0 fully saturated rings. The summed E-state index contributed by atoms with van der Waals surface area (Å²) >= 11 is 0. The fraction of sp³-hybridized carbons (Fsp3) is 1.00. The van der Waals surface area contributed by atoms with Gasteiger partial charge in [0.15, 0.2) is 0 Å². The normalized spacial score (nSPS) is 22.2. The monoisotopic (exact) mass is 262 g/mol. The van der Waals surface area contributed by atoms with Crippen LogP contribution in [0.5, 0.6) is 0 Å². The van der Waals surface area contributed by atoms with E-state index < -0.39 is 46.6 Å². The summed E-state index contributed by atoms with van der Waals surface area (Å²) in [5, 5.41) is 53.3. The summed E-state index contributed by atoms with van der Waals surface area (Å²) in [7, 11) is -5.02. The molecule has 0 aliphatic carbocycles. The van der Waals surface area contributed by atoms with E-state index >= 15 is 0 Å². The van der Waals surface area contributed by atoms with Crippen molar-refractivity contribution in [2.45, 2.75) is 29.9 Å². The average Bonchev–Trinajstić information content (AvgIpc) is 2.22. The molecule has 0 radical (unpaired) electrons. The first kappa shape index (κ1) is 15.7. The number of rotatable bonds is 6. The molecule has 7 N–H and O–H groups in total. The lowest BCUT2D eigenvalue weighted by Gasteiger charge is -2.27. The Morgan fingerprint density at radius 3 is 1.62 bits per heavy atom. The summed E-state index contributed by atoms with van der Waals surface area (Å²) in [4.78, 5) is 0. The lowest BCUT2D eigenvalue weighted by atomic mass is 10.0. The molecule has 0 saturated heterocycles. The first-order valence-corrected chi connectivity index (χ1v) is 5.60. The van der Waals surface area contributed by atoms with Gasteiger partial charge in [-0.2, -0.15) is 8.42 Å². The summed E-state index contributed by atoms with van der Waals surface area (Å²) in [6, 6.07) is 0. The highest BCUT2D eigenvalue weighted by atomic mass is 32.2. The summed E-state index contributed by atoms with van der Waals surface area (Å²) in [6.07, 6.45) is -8.63. The van der Waals surface area contributed by atoms with Gasteiger partial charge in [-0.05, 0) is 0 Å². The Hall–Kier alpha value is -0.330. The molecule has 98 valence electrons. The number of aliphatic hydroxyl groups is 6. The minimum atomic E-state index is -5.02. The predicted molar refractivity (Wildman–Crippen MR) is 48.7 cm³/mol. The van der Waals surface area contributed by atoms with E-state index in [2.05, 4.69) is 0 Å². The Kier molecular flexibility index (Phi) is 5.72. The summed E-state index contributed by atoms with van der Waals surface area (Å²) < 4.78 is 29.1. The molecule has 0 rings (SSSR count). The molecular formula is C6H14O9S. The average molecular weight is 262 g/mol. The van der Waals surface area contributed by atoms with Crippen LogP contribution >= 0.6 is 0 Å². The van der Waals surface area contributed by atoms with Crippen molar-refractivity contribution in [2.75, 3.05) is 6.61 Å². The first-order valence-electron chi connectivity index (χ1n) is 4.10. The molecule has 0 aromatic carbocycles. The van der Waals surface area contributed by atoms with Gasteiger partial charge in [0.05, 0.1) is 6.61 Å². The Balaban J connectivity index is 4.67. The van der Waals surface area contributed by atoms with Gasteiger partial charge in [0, 0.05) is 0 Å². The summed E-state index contributed by atoms with van der Waals surface area (Å²) in [5.74, 6) is 0. The van der Waals surface area contributed by atoms with Crippen molar-refractivity contribution in [1.82, 2.24) is 0 Å². The molecule has 0 aliphatic rings. The highest BCUT2D eigenvalue weighted by Crippen LogP contribution is 2.11. The molecule has 9 nitrogen and oxygen atoms in total. The molecule has 0 saturated carbocycles. The number of hydrogen-bond donors (Lipinski definition) is 7. The van der Waals surface area contributed by atoms with Gasteiger partial charge in [0.25, 0.3) is 10.1 Å². The van der Waals surface area contributed by atoms with E-state index in [1.54, 1.807) is 0 Å². The second-order valence-corrected chi connectivity index (χ2v) is 4.64. The molecule has 10 heteroatoms. The van der Waals surface area contributed by atoms with Crippen molar-refractivity contribution >= 4 is 10.1 Å². The highest BCUT2D eigenvalue weighted by Gasteiger charge is 2.39. The molecule has 0 bridgehead atoms. The number of hydrogen-bond acceptors (Lipinski definition) is 8. The third-order valence-corrected chi connectivity index (χ3v) is 2.77. The van der Waals surface area contributed by atoms with Crippen LogP contribution in [0.15, 0.2) is 0 Å². The zero-order valence-corrected chi connectivity index (χ0v) is 8.77. The van der Waals surface area contributed by atoms with Crippen molar-refractivity contribution < 1.29 is 43.6 Å². The largest absolute Gasteiger partial charge is 0.394 e. The molecule has 16 heavy (non-hydrogen) atoms. The van der Waals surface area contributed by atoms with Crippen LogP contribution in [0.1, 0.15) is 0 Å². The predicted octanol–water partition coefficient (Wildman–Crippen LogP) is -4.37. The van der Waals surface area contributed by atoms with Gasteiger partial charge in [-0.15, -0.1) is 0 Å². The van der Waals surface area contributed by atoms with Gasteiger partial charge in [0.2, 0.25) is 5.44 Å². The van der Waals surface area contributed by atoms with Crippen LogP contribution in [0.3, 0.4) is 0 Å². The van der Waals surface area contributed by atoms with Crippen molar-refractivity contribution in [3.05, 3.63) is 0 Å². The Morgan fingerprint density at radius 1 is 0.875 bits per heavy atom. The SMILES string of the molecule is O=S(=O)(O)C(O)[C@H](O)[C@@H](O)[C@@H](O)[C@H](O)CO. The van der Waals surface area contributed by atoms with Gasteiger partial charge in [-0.3, -0.25) is 4.55 Å². The van der Waals surface area contributed by atoms with Crippen molar-refractivity contribution in [2.24, 2.45) is 0 Å². The third-order valence-electron chi connectivity index (χ3n) is 1.88. The maximum atomic E-state index is 10.4. The topological polar surface area (TPSA) is 176 Å². The van der Waals surface area contributed by atoms with E-state index in [9.17, 15) is 8.42 Å². The van der Waals surface area contributed by atoms with Crippen LogP contribution in [-0.2, 0) is 10.1 Å². The van der Waals surface area contributed by atoms with Gasteiger partial charge in [0.1, 0.15) is 24.4 Å². The van der Waals surface area contributed by atoms with Crippen LogP contribution in [-0.4, -0.2) is 80.1 Å². The van der Waals surface area contributed by atoms with Crippen LogP contribution in [0.4, 0.5) is 0 Å². The van der Waals surface area contributed by atoms with E-state index in [-0.39, 0.29) is 0 Å². The number of aliphatic hydroxyl groups excluding tert-OH is 6. The van der Waals surface area contributed by atoms with E-state index in [4.69, 9.17) is 35.2 Å². The molecule has 0 amide bonds. The van der Waals surface area contributed by atoms with Crippen molar-refractivity contribution in [3.63, 3.8) is 0 Å². The molecule has 5 atom stereocenters. The molecule has 1 unspecified atom stereocenters. The maximum absolute atomic E-state index is 10.4. The zero-order chi connectivity index (χ0) is 13.1. The van der Waals surface area contributed by atoms with Gasteiger partial charge < -0.3 is 30.6 Å². The Bertz CT molecular complexity index is 301. The lowest BCUT2D eigenvalue weighted by Crippen LogP contribution is -2.51. The van der Waals surface area contributed by atoms with Crippen LogP contribution < -0.4 is 0 Å². The van der Waals surface area contributed by atoms with Crippen molar-refractivity contribution in [1.29, 1.82) is 0 Å². The molecule has 0 heterocycles. The minimum absolute atomic E-state index is 0.951. The van der Waals surface area contributed by atoms with Crippen molar-refractivity contribution in [3.8, 4) is 0 Å². The fourth-order valence-corrected chi connectivity index (χ4v) is 1.40. The van der Waals surface area contributed by atoms with Gasteiger partial charge in [-0.1, -0.05) is 0 Å². The van der Waals surface area contributed by atoms with Crippen LogP contribution in [0.25, 0.3) is 0 Å². The maximum Gasteiger partial charge on any atom is 0.294 e. The summed E-state index contributed by atoms with van der Waals surface area (Å²) in [6.45, 7) is -0.951. The fourth-order valence-electron chi connectivity index (χ4n) is 0.882. The summed E-state index contributed by atoms with van der Waals surface area (Å²) in [5.41, 5.74) is -2.73. The molecule has 0 aromatic heterocycles. The van der Waals surface area contributed by atoms with E-state index in [0.29, 0.717) is 0 Å². The first-order chi connectivity index (χ1) is 7.12. The second kappa shape index (κ2) is 5.84. The van der Waals surface area contributed by atoms with E-state index in [0.717, 1.165) is 0 Å². The minimum Gasteiger partial charge on any atom is -0.394 e. The Morgan fingerprint density at radius 2 is 1.31 bits per heavy atom. The van der Waals surface area contributed by atoms with Gasteiger partial charge in [-0.25, -0.2) is 0 Å². The zero-order valence-electron chi connectivity index (χ0n) is 7.95. The Labute approximate surface area is 91.0 Å². The molecular weight excluding hydrogens is 248 g/mol. The highest BCUT2D eigenvalue weighted by molar-refractivity contribution is 7.86. The standard InChI is InChI=1S/C6H14O9S/c7-1-2(8)3(9)4(10)5(11)6(12)16(13,14)15/h2-12H,1H2,(H,13,14,15)/t2-,3+,4+,5-,6?/m1/s1. The van der Waals surface area contributed by atoms with Crippen LogP contribution in [0, 0.1) is 0 Å². The molecule has 0 aliphatic heterocycles. The van der Waals surface area contributed by atoms with E-state index in [1.807, 2.05) is 0 Å². The molecule has 0 spiro atoms. The lowest BCUT2D eigenvalue weighted by molar-refractivity contribution is -0.129. The molecule has 0 aromatic rings. The van der Waals surface area contributed by atoms with E-state index in [1.165, 1.54) is 0 Å². The third kappa shape index (κ3) is 3.92. The smallest absolute Gasteiger partial charge is 0.294 e. The van der Waals surface area contributed by atoms with Gasteiger partial charge >= 0.3 is 0 Å². The quantitative estimate of drug-likeness (QED) is 0.233. The van der Waals surface area contributed by atoms with Crippen LogP contribution in [0.2, 0.25) is 0 Å². The second-order valence-electron chi connectivity index (χ2n) is 3.13.